The highest BCUT2D eigenvalue weighted by Gasteiger charge is 2.44. The number of amides is 1. The molecule has 1 amide bonds. The van der Waals surface area contributed by atoms with Crippen molar-refractivity contribution in [3.63, 3.8) is 0 Å². The molecule has 1 aromatic carbocycles. The minimum Gasteiger partial charge on any atom is -0.353 e. The average Bonchev–Trinajstić information content (AvgIpc) is 3.37. The summed E-state index contributed by atoms with van der Waals surface area (Å²) in [5.41, 5.74) is 0. The van der Waals surface area contributed by atoms with Crippen LogP contribution >= 0.6 is 11.3 Å². The van der Waals surface area contributed by atoms with Crippen LogP contribution in [0.25, 0.3) is 10.1 Å². The van der Waals surface area contributed by atoms with Gasteiger partial charge in [-0.15, -0.1) is 11.3 Å². The fourth-order valence-corrected chi connectivity index (χ4v) is 6.65. The van der Waals surface area contributed by atoms with Crippen LogP contribution in [-0.2, 0) is 4.79 Å². The summed E-state index contributed by atoms with van der Waals surface area (Å²) in [6.07, 6.45) is 8.52. The van der Waals surface area contributed by atoms with Crippen LogP contribution in [0.15, 0.2) is 30.3 Å². The van der Waals surface area contributed by atoms with Crippen LogP contribution in [0.3, 0.4) is 0 Å². The van der Waals surface area contributed by atoms with Crippen molar-refractivity contribution in [3.05, 3.63) is 35.2 Å². The van der Waals surface area contributed by atoms with Crippen LogP contribution in [0.5, 0.6) is 0 Å². The number of thiophene rings is 1. The molecule has 0 spiro atoms. The van der Waals surface area contributed by atoms with Crippen molar-refractivity contribution in [1.29, 1.82) is 0 Å². The second-order valence-electron chi connectivity index (χ2n) is 9.83. The lowest BCUT2D eigenvalue weighted by atomic mass is 9.87. The highest BCUT2D eigenvalue weighted by atomic mass is 32.1. The fraction of sp³-hybridized carbons (Fsp3) is 0.640. The molecule has 156 valence electrons. The van der Waals surface area contributed by atoms with Gasteiger partial charge in [0.05, 0.1) is 0 Å². The number of fused-ring (bicyclic) bond motifs is 1. The molecule has 3 nitrogen and oxygen atoms in total. The predicted octanol–water partition coefficient (Wildman–Crippen LogP) is 5.41. The average molecular weight is 411 g/mol. The summed E-state index contributed by atoms with van der Waals surface area (Å²) in [5, 5.41) is 4.75. The Balaban J connectivity index is 1.06. The number of likely N-dealkylation sites (tertiary alicyclic amines) is 1. The van der Waals surface area contributed by atoms with Crippen molar-refractivity contribution in [1.82, 2.24) is 10.2 Å². The van der Waals surface area contributed by atoms with Gasteiger partial charge in [0.15, 0.2) is 0 Å². The summed E-state index contributed by atoms with van der Waals surface area (Å²) in [5.74, 6) is 2.78. The third-order valence-corrected chi connectivity index (χ3v) is 8.83. The van der Waals surface area contributed by atoms with E-state index in [1.165, 1.54) is 61.7 Å². The zero-order valence-corrected chi connectivity index (χ0v) is 18.4. The van der Waals surface area contributed by atoms with E-state index in [1.807, 2.05) is 11.3 Å². The minimum absolute atomic E-state index is 0.287. The number of piperidine rings is 1. The predicted molar refractivity (Wildman–Crippen MR) is 121 cm³/mol. The molecule has 1 saturated heterocycles. The number of rotatable bonds is 5. The minimum atomic E-state index is 0.287. The van der Waals surface area contributed by atoms with E-state index in [1.54, 1.807) is 4.88 Å². The molecule has 3 fully saturated rings. The van der Waals surface area contributed by atoms with E-state index in [4.69, 9.17) is 0 Å². The third-order valence-electron chi connectivity index (χ3n) is 7.55. The number of carbonyl (C=O) groups is 1. The zero-order chi connectivity index (χ0) is 19.8. The summed E-state index contributed by atoms with van der Waals surface area (Å²) in [4.78, 5) is 16.8. The molecule has 2 heterocycles. The first-order valence-electron chi connectivity index (χ1n) is 11.7. The van der Waals surface area contributed by atoms with Gasteiger partial charge in [-0.1, -0.05) is 25.1 Å². The largest absolute Gasteiger partial charge is 0.353 e. The first-order chi connectivity index (χ1) is 14.2. The molecule has 1 aromatic heterocycles. The maximum Gasteiger partial charge on any atom is 0.223 e. The van der Waals surface area contributed by atoms with Crippen molar-refractivity contribution in [2.75, 3.05) is 19.6 Å². The van der Waals surface area contributed by atoms with Crippen LogP contribution < -0.4 is 5.32 Å². The Hall–Kier alpha value is -1.39. The Labute approximate surface area is 178 Å². The van der Waals surface area contributed by atoms with Gasteiger partial charge in [0.1, 0.15) is 0 Å². The summed E-state index contributed by atoms with van der Waals surface area (Å²) < 4.78 is 1.42. The van der Waals surface area contributed by atoms with Crippen LogP contribution in [0.2, 0.25) is 0 Å². The first-order valence-corrected chi connectivity index (χ1v) is 12.5. The van der Waals surface area contributed by atoms with Gasteiger partial charge in [-0.25, -0.2) is 0 Å². The molecule has 0 bridgehead atoms. The maximum atomic E-state index is 12.6. The molecule has 1 N–H and O–H groups in total. The molecular formula is C25H34N2OS. The highest BCUT2D eigenvalue weighted by Crippen LogP contribution is 2.41. The fourth-order valence-electron chi connectivity index (χ4n) is 5.42. The van der Waals surface area contributed by atoms with Gasteiger partial charge in [-0.05, 0) is 93.3 Å². The van der Waals surface area contributed by atoms with Gasteiger partial charge in [0.2, 0.25) is 5.91 Å². The van der Waals surface area contributed by atoms with E-state index in [0.717, 1.165) is 24.8 Å². The maximum absolute atomic E-state index is 12.6. The standard InChI is InChI=1S/C25H34N2OS/c1-17-6-8-21(9-7-17)26-25(28)22-14-20(22)16-27-12-10-18(11-13-27)24-15-19-4-2-3-5-23(19)29-24/h2-5,15,17-18,20-22H,6-14,16H2,1H3,(H,26,28)/t17?,20-,21?,22+/m1/s1. The number of nitrogens with zero attached hydrogens (tertiary/aromatic N) is 1. The molecule has 3 aliphatic rings. The van der Waals surface area contributed by atoms with Crippen molar-refractivity contribution in [2.24, 2.45) is 17.8 Å². The van der Waals surface area contributed by atoms with Gasteiger partial charge < -0.3 is 10.2 Å². The second-order valence-corrected chi connectivity index (χ2v) is 10.9. The Morgan fingerprint density at radius 1 is 1.10 bits per heavy atom. The topological polar surface area (TPSA) is 32.3 Å². The van der Waals surface area contributed by atoms with E-state index >= 15 is 0 Å². The van der Waals surface area contributed by atoms with Crippen LogP contribution in [0.1, 0.15) is 62.7 Å². The van der Waals surface area contributed by atoms with Gasteiger partial charge in [0, 0.05) is 28.1 Å². The van der Waals surface area contributed by atoms with Crippen molar-refractivity contribution < 1.29 is 4.79 Å². The van der Waals surface area contributed by atoms with Crippen molar-refractivity contribution in [2.45, 2.75) is 63.8 Å². The number of benzene rings is 1. The zero-order valence-electron chi connectivity index (χ0n) is 17.6. The molecule has 2 saturated carbocycles. The summed E-state index contributed by atoms with van der Waals surface area (Å²) in [7, 11) is 0. The molecule has 2 aliphatic carbocycles. The SMILES string of the molecule is CC1CCC(NC(=O)[C@H]2C[C@@H]2CN2CCC(c3cc4ccccc4s3)CC2)CC1. The Kier molecular flexibility index (Phi) is 5.66. The van der Waals surface area contributed by atoms with Crippen molar-refractivity contribution >= 4 is 27.3 Å². The van der Waals surface area contributed by atoms with Crippen LogP contribution in [0.4, 0.5) is 0 Å². The lowest BCUT2D eigenvalue weighted by molar-refractivity contribution is -0.123. The molecule has 2 atom stereocenters. The van der Waals surface area contributed by atoms with E-state index in [0.29, 0.717) is 17.9 Å². The summed E-state index contributed by atoms with van der Waals surface area (Å²) in [6, 6.07) is 11.6. The number of hydrogen-bond donors (Lipinski definition) is 1. The van der Waals surface area contributed by atoms with E-state index in [9.17, 15) is 4.79 Å². The monoisotopic (exact) mass is 410 g/mol. The normalized spacial score (nSPS) is 31.1. The summed E-state index contributed by atoms with van der Waals surface area (Å²) in [6.45, 7) is 5.83. The summed E-state index contributed by atoms with van der Waals surface area (Å²) >= 11 is 1.98. The Morgan fingerprint density at radius 2 is 1.86 bits per heavy atom. The van der Waals surface area contributed by atoms with Gasteiger partial charge in [-0.3, -0.25) is 4.79 Å². The molecule has 2 aromatic rings. The quantitative estimate of drug-likeness (QED) is 0.715. The first kappa shape index (κ1) is 19.6. The van der Waals surface area contributed by atoms with Crippen LogP contribution in [-0.4, -0.2) is 36.5 Å². The Morgan fingerprint density at radius 3 is 2.62 bits per heavy atom. The lowest BCUT2D eigenvalue weighted by Gasteiger charge is -2.31. The third kappa shape index (κ3) is 4.54. The Bertz CT molecular complexity index is 812. The molecule has 29 heavy (non-hydrogen) atoms. The highest BCUT2D eigenvalue weighted by molar-refractivity contribution is 7.19. The molecule has 0 unspecified atom stereocenters. The second kappa shape index (κ2) is 8.39. The van der Waals surface area contributed by atoms with Gasteiger partial charge in [-0.2, -0.15) is 0 Å². The van der Waals surface area contributed by atoms with E-state index < -0.39 is 0 Å². The van der Waals surface area contributed by atoms with Crippen molar-refractivity contribution in [3.8, 4) is 0 Å². The number of nitrogens with one attached hydrogen (secondary N) is 1. The number of hydrogen-bond acceptors (Lipinski definition) is 3. The van der Waals surface area contributed by atoms with E-state index in [2.05, 4.69) is 47.5 Å². The van der Waals surface area contributed by atoms with Gasteiger partial charge >= 0.3 is 0 Å². The molecular weight excluding hydrogens is 376 g/mol. The molecule has 1 aliphatic heterocycles. The molecule has 0 radical (unpaired) electrons. The molecule has 4 heteroatoms. The smallest absolute Gasteiger partial charge is 0.223 e. The molecule has 5 rings (SSSR count). The van der Waals surface area contributed by atoms with Gasteiger partial charge in [0.25, 0.3) is 0 Å². The lowest BCUT2D eigenvalue weighted by Crippen LogP contribution is -2.39. The number of carbonyl (C=O) groups excluding carboxylic acids is 1. The van der Waals surface area contributed by atoms with E-state index in [-0.39, 0.29) is 5.92 Å². The van der Waals surface area contributed by atoms with Crippen LogP contribution in [0, 0.1) is 17.8 Å².